The first-order valence-corrected chi connectivity index (χ1v) is 7.29. The first-order chi connectivity index (χ1) is 7.79. The quantitative estimate of drug-likeness (QED) is 0.795. The molecule has 1 aliphatic carbocycles. The fourth-order valence-electron chi connectivity index (χ4n) is 3.55. The van der Waals surface area contributed by atoms with Crippen LogP contribution in [0.1, 0.15) is 58.3 Å². The summed E-state index contributed by atoms with van der Waals surface area (Å²) in [5.74, 6) is 0.879. The fourth-order valence-corrected chi connectivity index (χ4v) is 3.55. The molecule has 2 heteroatoms. The molecule has 2 aliphatic rings. The molecule has 2 nitrogen and oxygen atoms in total. The van der Waals surface area contributed by atoms with Crippen LogP contribution in [0.3, 0.4) is 0 Å². The minimum Gasteiger partial charge on any atom is -0.327 e. The van der Waals surface area contributed by atoms with Crippen molar-refractivity contribution in [3.05, 3.63) is 0 Å². The molecule has 2 fully saturated rings. The topological polar surface area (TPSA) is 29.3 Å². The van der Waals surface area contributed by atoms with Crippen LogP contribution in [-0.4, -0.2) is 30.1 Å². The largest absolute Gasteiger partial charge is 0.327 e. The lowest BCUT2D eigenvalue weighted by atomic mass is 9.89. The highest BCUT2D eigenvalue weighted by atomic mass is 15.2. The summed E-state index contributed by atoms with van der Waals surface area (Å²) in [6, 6.07) is 1.31. The van der Waals surface area contributed by atoms with Gasteiger partial charge in [0, 0.05) is 25.2 Å². The van der Waals surface area contributed by atoms with E-state index >= 15 is 0 Å². The van der Waals surface area contributed by atoms with E-state index < -0.39 is 0 Å². The smallest absolute Gasteiger partial charge is 0.0171 e. The molecule has 1 saturated heterocycles. The molecule has 16 heavy (non-hydrogen) atoms. The Morgan fingerprint density at radius 1 is 1.19 bits per heavy atom. The predicted molar refractivity (Wildman–Crippen MR) is 69.4 cm³/mol. The maximum absolute atomic E-state index is 6.21. The molecule has 0 radical (unpaired) electrons. The van der Waals surface area contributed by atoms with Crippen LogP contribution in [0.15, 0.2) is 0 Å². The van der Waals surface area contributed by atoms with Crippen molar-refractivity contribution in [3.8, 4) is 0 Å². The van der Waals surface area contributed by atoms with Gasteiger partial charge in [-0.1, -0.05) is 32.6 Å². The van der Waals surface area contributed by atoms with Crippen LogP contribution >= 0.6 is 0 Å². The zero-order chi connectivity index (χ0) is 11.4. The number of piperidine rings is 1. The highest BCUT2D eigenvalue weighted by Crippen LogP contribution is 2.29. The molecule has 1 heterocycles. The van der Waals surface area contributed by atoms with Crippen molar-refractivity contribution in [2.75, 3.05) is 13.1 Å². The highest BCUT2D eigenvalue weighted by molar-refractivity contribution is 4.87. The number of unbranched alkanes of at least 4 members (excludes halogenated alkanes) is 1. The zero-order valence-electron chi connectivity index (χ0n) is 10.8. The van der Waals surface area contributed by atoms with E-state index in [2.05, 4.69) is 11.8 Å². The van der Waals surface area contributed by atoms with Gasteiger partial charge in [0.25, 0.3) is 0 Å². The van der Waals surface area contributed by atoms with Gasteiger partial charge in [-0.3, -0.25) is 4.90 Å². The Kier molecular flexibility index (Phi) is 4.66. The van der Waals surface area contributed by atoms with Gasteiger partial charge in [0.2, 0.25) is 0 Å². The minimum atomic E-state index is 0.441. The third-order valence-electron chi connectivity index (χ3n) is 4.40. The van der Waals surface area contributed by atoms with Gasteiger partial charge in [0.1, 0.15) is 0 Å². The minimum absolute atomic E-state index is 0.441. The van der Waals surface area contributed by atoms with E-state index in [0.717, 1.165) is 18.5 Å². The van der Waals surface area contributed by atoms with Gasteiger partial charge in [-0.25, -0.2) is 0 Å². The van der Waals surface area contributed by atoms with Crippen molar-refractivity contribution < 1.29 is 0 Å². The number of likely N-dealkylation sites (tertiary alicyclic amines) is 1. The lowest BCUT2D eigenvalue weighted by Gasteiger charge is -2.40. The normalized spacial score (nSPS) is 33.4. The summed E-state index contributed by atoms with van der Waals surface area (Å²) < 4.78 is 0. The van der Waals surface area contributed by atoms with Crippen molar-refractivity contribution in [2.45, 2.75) is 70.4 Å². The summed E-state index contributed by atoms with van der Waals surface area (Å²) in [7, 11) is 0. The van der Waals surface area contributed by atoms with Gasteiger partial charge in [0.05, 0.1) is 0 Å². The summed E-state index contributed by atoms with van der Waals surface area (Å²) in [6.07, 6.45) is 11.1. The molecular weight excluding hydrogens is 196 g/mol. The molecule has 2 rings (SSSR count). The Balaban J connectivity index is 1.83. The van der Waals surface area contributed by atoms with Crippen LogP contribution in [0.25, 0.3) is 0 Å². The van der Waals surface area contributed by atoms with E-state index in [9.17, 15) is 0 Å². The Morgan fingerprint density at radius 2 is 1.94 bits per heavy atom. The number of nitrogens with two attached hydrogens (primary N) is 1. The Bertz CT molecular complexity index is 199. The van der Waals surface area contributed by atoms with Crippen LogP contribution in [0.4, 0.5) is 0 Å². The van der Waals surface area contributed by atoms with Gasteiger partial charge in [0.15, 0.2) is 0 Å². The highest BCUT2D eigenvalue weighted by Gasteiger charge is 2.30. The Labute approximate surface area is 101 Å². The van der Waals surface area contributed by atoms with E-state index in [1.165, 1.54) is 57.9 Å². The number of nitrogens with zero attached hydrogens (tertiary/aromatic N) is 1. The molecule has 2 unspecified atom stereocenters. The van der Waals surface area contributed by atoms with Gasteiger partial charge in [-0.2, -0.15) is 0 Å². The summed E-state index contributed by atoms with van der Waals surface area (Å²) in [5.41, 5.74) is 6.21. The summed E-state index contributed by atoms with van der Waals surface area (Å²) >= 11 is 0. The monoisotopic (exact) mass is 224 g/mol. The van der Waals surface area contributed by atoms with Crippen molar-refractivity contribution in [2.24, 2.45) is 11.7 Å². The van der Waals surface area contributed by atoms with Crippen molar-refractivity contribution in [1.82, 2.24) is 4.90 Å². The zero-order valence-corrected chi connectivity index (χ0v) is 10.8. The van der Waals surface area contributed by atoms with Crippen molar-refractivity contribution in [1.29, 1.82) is 0 Å². The third kappa shape index (κ3) is 3.21. The standard InChI is InChI=1S/C14H28N2/c1-2-3-6-12-9-13(15)11-16(10-12)14-7-4-5-8-14/h12-14H,2-11,15H2,1H3. The molecule has 0 aromatic heterocycles. The molecule has 2 N–H and O–H groups in total. The molecule has 1 saturated carbocycles. The summed E-state index contributed by atoms with van der Waals surface area (Å²) in [5, 5.41) is 0. The van der Waals surface area contributed by atoms with Crippen LogP contribution in [-0.2, 0) is 0 Å². The van der Waals surface area contributed by atoms with E-state index in [0.29, 0.717) is 6.04 Å². The molecule has 0 bridgehead atoms. The molecule has 94 valence electrons. The predicted octanol–water partition coefficient (Wildman–Crippen LogP) is 2.77. The van der Waals surface area contributed by atoms with E-state index in [1.807, 2.05) is 0 Å². The first kappa shape index (κ1) is 12.4. The third-order valence-corrected chi connectivity index (χ3v) is 4.40. The molecule has 0 aromatic rings. The average molecular weight is 224 g/mol. The molecular formula is C14H28N2. The number of hydrogen-bond donors (Lipinski definition) is 1. The van der Waals surface area contributed by atoms with Crippen molar-refractivity contribution in [3.63, 3.8) is 0 Å². The van der Waals surface area contributed by atoms with Gasteiger partial charge in [-0.15, -0.1) is 0 Å². The van der Waals surface area contributed by atoms with Gasteiger partial charge in [-0.05, 0) is 31.6 Å². The van der Waals surface area contributed by atoms with Gasteiger partial charge < -0.3 is 5.73 Å². The first-order valence-electron chi connectivity index (χ1n) is 7.29. The van der Waals surface area contributed by atoms with E-state index in [1.54, 1.807) is 0 Å². The van der Waals surface area contributed by atoms with E-state index in [-0.39, 0.29) is 0 Å². The fraction of sp³-hybridized carbons (Fsp3) is 1.00. The maximum atomic E-state index is 6.21. The second kappa shape index (κ2) is 6.02. The van der Waals surface area contributed by atoms with Crippen LogP contribution in [0.5, 0.6) is 0 Å². The van der Waals surface area contributed by atoms with Crippen LogP contribution in [0.2, 0.25) is 0 Å². The maximum Gasteiger partial charge on any atom is 0.0171 e. The second-order valence-corrected chi connectivity index (χ2v) is 5.90. The van der Waals surface area contributed by atoms with Crippen molar-refractivity contribution >= 4 is 0 Å². The van der Waals surface area contributed by atoms with Crippen LogP contribution < -0.4 is 5.73 Å². The molecule has 1 aliphatic heterocycles. The lowest BCUT2D eigenvalue weighted by molar-refractivity contribution is 0.106. The number of hydrogen-bond acceptors (Lipinski definition) is 2. The summed E-state index contributed by atoms with van der Waals surface area (Å²) in [4.78, 5) is 2.71. The Morgan fingerprint density at radius 3 is 2.62 bits per heavy atom. The molecule has 0 spiro atoms. The number of rotatable bonds is 4. The Hall–Kier alpha value is -0.0800. The molecule has 0 amide bonds. The van der Waals surface area contributed by atoms with Crippen LogP contribution in [0, 0.1) is 5.92 Å². The SMILES string of the molecule is CCCCC1CC(N)CN(C2CCCC2)C1. The van der Waals surface area contributed by atoms with E-state index in [4.69, 9.17) is 5.73 Å². The second-order valence-electron chi connectivity index (χ2n) is 5.90. The summed E-state index contributed by atoms with van der Waals surface area (Å²) in [6.45, 7) is 4.78. The molecule has 0 aromatic carbocycles. The average Bonchev–Trinajstić information content (AvgIpc) is 2.79. The van der Waals surface area contributed by atoms with Gasteiger partial charge >= 0.3 is 0 Å². The lowest BCUT2D eigenvalue weighted by Crippen LogP contribution is -2.50. The molecule has 2 atom stereocenters.